The number of hydrogen-bond donors (Lipinski definition) is 0. The highest BCUT2D eigenvalue weighted by molar-refractivity contribution is 5.91. The number of nitrogens with zero attached hydrogens (tertiary/aromatic N) is 4. The van der Waals surface area contributed by atoms with E-state index in [1.54, 1.807) is 18.2 Å². The van der Waals surface area contributed by atoms with Crippen molar-refractivity contribution in [2.24, 2.45) is 0 Å². The molecule has 2 heterocycles. The average molecular weight is 498 g/mol. The van der Waals surface area contributed by atoms with Crippen LogP contribution in [0.4, 0.5) is 11.4 Å². The lowest BCUT2D eigenvalue weighted by Crippen LogP contribution is -2.30. The van der Waals surface area contributed by atoms with Gasteiger partial charge in [-0.25, -0.2) is 4.79 Å². The van der Waals surface area contributed by atoms with Crippen molar-refractivity contribution in [3.8, 4) is 28.7 Å². The van der Waals surface area contributed by atoms with Gasteiger partial charge >= 0.3 is 5.97 Å². The Kier molecular flexibility index (Phi) is 7.52. The number of carbonyl (C=O) groups is 1. The van der Waals surface area contributed by atoms with Crippen LogP contribution in [0.3, 0.4) is 0 Å². The maximum atomic E-state index is 12.6. The summed E-state index contributed by atoms with van der Waals surface area (Å²) in [5, 5.41) is 19.6. The molecule has 0 amide bonds. The number of anilines is 1. The Morgan fingerprint density at radius 3 is 2.33 bits per heavy atom. The molecule has 190 valence electrons. The quantitative estimate of drug-likeness (QED) is 0.240. The summed E-state index contributed by atoms with van der Waals surface area (Å²) in [5.74, 6) is 0.697. The third kappa shape index (κ3) is 5.16. The van der Waals surface area contributed by atoms with Crippen molar-refractivity contribution >= 4 is 17.3 Å². The number of ether oxygens (including phenoxy) is 4. The van der Waals surface area contributed by atoms with Gasteiger partial charge in [0.05, 0.1) is 31.8 Å². The van der Waals surface area contributed by atoms with Crippen LogP contribution in [0, 0.1) is 10.1 Å². The Hall–Kier alpha value is -4.35. The lowest BCUT2D eigenvalue weighted by molar-refractivity contribution is -0.384. The maximum Gasteiger partial charge on any atom is 0.338 e. The predicted octanol–water partition coefficient (Wildman–Crippen LogP) is 4.02. The molecular formula is C24H26N4O8. The van der Waals surface area contributed by atoms with Crippen LogP contribution < -0.4 is 19.1 Å². The molecule has 1 aliphatic heterocycles. The number of carbonyl (C=O) groups excluding carboxylic acids is 1. The Bertz CT molecular complexity index is 1230. The molecule has 0 spiro atoms. The van der Waals surface area contributed by atoms with Crippen molar-refractivity contribution in [1.29, 1.82) is 0 Å². The minimum absolute atomic E-state index is 0.0477. The number of nitro groups is 1. The van der Waals surface area contributed by atoms with Crippen LogP contribution in [-0.2, 0) is 11.3 Å². The van der Waals surface area contributed by atoms with Crippen molar-refractivity contribution in [2.75, 3.05) is 39.3 Å². The van der Waals surface area contributed by atoms with E-state index in [9.17, 15) is 14.9 Å². The summed E-state index contributed by atoms with van der Waals surface area (Å²) in [6.45, 7) is 1.18. The van der Waals surface area contributed by atoms with Gasteiger partial charge in [-0.15, -0.1) is 10.2 Å². The Morgan fingerprint density at radius 2 is 1.72 bits per heavy atom. The number of hydrogen-bond acceptors (Lipinski definition) is 11. The van der Waals surface area contributed by atoms with Crippen molar-refractivity contribution < 1.29 is 33.1 Å². The monoisotopic (exact) mass is 498 g/mol. The third-order valence-electron chi connectivity index (χ3n) is 5.81. The molecule has 0 N–H and O–H groups in total. The van der Waals surface area contributed by atoms with E-state index in [-0.39, 0.29) is 29.6 Å². The van der Waals surface area contributed by atoms with Gasteiger partial charge in [0.1, 0.15) is 5.69 Å². The molecule has 4 rings (SSSR count). The molecule has 0 atom stereocenters. The van der Waals surface area contributed by atoms with Gasteiger partial charge in [0.25, 0.3) is 11.6 Å². The van der Waals surface area contributed by atoms with Gasteiger partial charge in [-0.3, -0.25) is 10.1 Å². The van der Waals surface area contributed by atoms with Crippen molar-refractivity contribution in [2.45, 2.75) is 25.9 Å². The van der Waals surface area contributed by atoms with Gasteiger partial charge < -0.3 is 28.3 Å². The van der Waals surface area contributed by atoms with Crippen molar-refractivity contribution in [3.63, 3.8) is 0 Å². The summed E-state index contributed by atoms with van der Waals surface area (Å²) < 4.78 is 26.9. The highest BCUT2D eigenvalue weighted by Gasteiger charge is 2.24. The molecule has 1 fully saturated rings. The predicted molar refractivity (Wildman–Crippen MR) is 128 cm³/mol. The average Bonchev–Trinajstić information content (AvgIpc) is 3.40. The Labute approximate surface area is 206 Å². The van der Waals surface area contributed by atoms with E-state index in [0.29, 0.717) is 28.5 Å². The van der Waals surface area contributed by atoms with E-state index < -0.39 is 10.9 Å². The molecule has 0 aliphatic carbocycles. The van der Waals surface area contributed by atoms with Gasteiger partial charge in [-0.05, 0) is 43.5 Å². The summed E-state index contributed by atoms with van der Waals surface area (Å²) in [4.78, 5) is 25.7. The van der Waals surface area contributed by atoms with E-state index in [1.165, 1.54) is 33.5 Å². The van der Waals surface area contributed by atoms with E-state index in [2.05, 4.69) is 10.2 Å². The molecule has 1 aromatic heterocycles. The van der Waals surface area contributed by atoms with Gasteiger partial charge in [-0.2, -0.15) is 0 Å². The fourth-order valence-corrected chi connectivity index (χ4v) is 4.04. The number of rotatable bonds is 9. The first-order chi connectivity index (χ1) is 17.4. The second kappa shape index (κ2) is 10.9. The first-order valence-corrected chi connectivity index (χ1v) is 11.3. The normalized spacial score (nSPS) is 13.2. The number of nitro benzene ring substituents is 1. The Balaban J connectivity index is 1.47. The van der Waals surface area contributed by atoms with E-state index in [1.807, 2.05) is 4.90 Å². The highest BCUT2D eigenvalue weighted by atomic mass is 16.6. The SMILES string of the molecule is COc1cc(-c2nnc(COC(=O)c3ccc(N4CCCCC4)c([N+](=O)[O-])c3)o2)cc(OC)c1OC. The molecule has 12 nitrogen and oxygen atoms in total. The molecule has 36 heavy (non-hydrogen) atoms. The molecular weight excluding hydrogens is 472 g/mol. The molecule has 0 unspecified atom stereocenters. The van der Waals surface area contributed by atoms with Gasteiger partial charge in [0.15, 0.2) is 18.1 Å². The van der Waals surface area contributed by atoms with Crippen LogP contribution in [0.25, 0.3) is 11.5 Å². The van der Waals surface area contributed by atoms with Crippen LogP contribution in [0.5, 0.6) is 17.2 Å². The van der Waals surface area contributed by atoms with E-state index >= 15 is 0 Å². The van der Waals surface area contributed by atoms with E-state index in [0.717, 1.165) is 32.4 Å². The zero-order valence-electron chi connectivity index (χ0n) is 20.2. The molecule has 0 bridgehead atoms. The molecule has 0 radical (unpaired) electrons. The van der Waals surface area contributed by atoms with Crippen molar-refractivity contribution in [1.82, 2.24) is 10.2 Å². The zero-order chi connectivity index (χ0) is 25.7. The standard InChI is InChI=1S/C24H26N4O8/c1-32-19-12-16(13-20(33-2)22(19)34-3)23-26-25-21(36-23)14-35-24(29)15-7-8-17(18(11-15)28(30)31)27-9-5-4-6-10-27/h7-8,11-13H,4-6,9-10,14H2,1-3H3. The second-order valence-corrected chi connectivity index (χ2v) is 8.00. The summed E-state index contributed by atoms with van der Waals surface area (Å²) in [6.07, 6.45) is 3.05. The van der Waals surface area contributed by atoms with Crippen LogP contribution in [0.2, 0.25) is 0 Å². The summed E-state index contributed by atoms with van der Waals surface area (Å²) in [7, 11) is 4.47. The summed E-state index contributed by atoms with van der Waals surface area (Å²) >= 11 is 0. The fourth-order valence-electron chi connectivity index (χ4n) is 4.04. The number of esters is 1. The van der Waals surface area contributed by atoms with Crippen molar-refractivity contribution in [3.05, 3.63) is 51.9 Å². The number of methoxy groups -OCH3 is 3. The summed E-state index contributed by atoms with van der Waals surface area (Å²) in [5.41, 5.74) is 0.947. The summed E-state index contributed by atoms with van der Waals surface area (Å²) in [6, 6.07) is 7.65. The third-order valence-corrected chi connectivity index (χ3v) is 5.81. The lowest BCUT2D eigenvalue weighted by atomic mass is 10.1. The van der Waals surface area contributed by atoms with E-state index in [4.69, 9.17) is 23.4 Å². The van der Waals surface area contributed by atoms with Gasteiger partial charge in [0.2, 0.25) is 11.6 Å². The van der Waals surface area contributed by atoms with Crippen LogP contribution in [0.1, 0.15) is 35.5 Å². The number of benzene rings is 2. The molecule has 0 saturated carbocycles. The minimum atomic E-state index is -0.740. The van der Waals surface area contributed by atoms with Gasteiger partial charge in [-0.1, -0.05) is 0 Å². The molecule has 3 aromatic rings. The second-order valence-electron chi connectivity index (χ2n) is 8.00. The van der Waals surface area contributed by atoms with Crippen LogP contribution >= 0.6 is 0 Å². The molecule has 1 saturated heterocycles. The molecule has 1 aliphatic rings. The Morgan fingerprint density at radius 1 is 1.03 bits per heavy atom. The smallest absolute Gasteiger partial charge is 0.338 e. The first kappa shape index (κ1) is 24.8. The zero-order valence-corrected chi connectivity index (χ0v) is 20.2. The first-order valence-electron chi connectivity index (χ1n) is 11.3. The van der Waals surface area contributed by atoms with Crippen LogP contribution in [-0.4, -0.2) is 55.5 Å². The van der Waals surface area contributed by atoms with Gasteiger partial charge in [0, 0.05) is 24.7 Å². The van der Waals surface area contributed by atoms with Crippen LogP contribution in [0.15, 0.2) is 34.7 Å². The molecule has 12 heteroatoms. The molecule has 2 aromatic carbocycles. The largest absolute Gasteiger partial charge is 0.493 e. The highest BCUT2D eigenvalue weighted by Crippen LogP contribution is 2.41. The minimum Gasteiger partial charge on any atom is -0.493 e. The number of piperidine rings is 1. The fraction of sp³-hybridized carbons (Fsp3) is 0.375. The topological polar surface area (TPSA) is 139 Å². The maximum absolute atomic E-state index is 12.6. The number of aromatic nitrogens is 2. The lowest BCUT2D eigenvalue weighted by Gasteiger charge is -2.28.